The number of nitrogens with one attached hydrogen (secondary N) is 1. The lowest BCUT2D eigenvalue weighted by molar-refractivity contribution is -0.138. The van der Waals surface area contributed by atoms with E-state index in [4.69, 9.17) is 4.42 Å². The molecule has 0 fully saturated rings. The van der Waals surface area contributed by atoms with Crippen LogP contribution in [-0.4, -0.2) is 15.8 Å². The third kappa shape index (κ3) is 7.04. The van der Waals surface area contributed by atoms with Gasteiger partial charge in [-0.2, -0.15) is 13.2 Å². The van der Waals surface area contributed by atoms with Crippen LogP contribution in [0.3, 0.4) is 0 Å². The number of carbonyl (C=O) groups excluding carboxylic acids is 1. The van der Waals surface area contributed by atoms with E-state index in [1.54, 1.807) is 23.1 Å². The van der Waals surface area contributed by atoms with Gasteiger partial charge in [0, 0.05) is 13.1 Å². The number of amides is 1. The number of benzene rings is 3. The van der Waals surface area contributed by atoms with Gasteiger partial charge in [0.15, 0.2) is 5.69 Å². The molecule has 0 bridgehead atoms. The minimum Gasteiger partial charge on any atom is -0.447 e. The van der Waals surface area contributed by atoms with Gasteiger partial charge in [-0.15, -0.1) is 0 Å². The van der Waals surface area contributed by atoms with E-state index in [1.165, 1.54) is 30.5 Å². The van der Waals surface area contributed by atoms with Crippen LogP contribution in [0, 0.1) is 5.82 Å². The molecule has 0 unspecified atom stereocenters. The van der Waals surface area contributed by atoms with Crippen molar-refractivity contribution < 1.29 is 26.8 Å². The van der Waals surface area contributed by atoms with Gasteiger partial charge in [-0.1, -0.05) is 60.7 Å². The fraction of sp³-hybridized carbons (Fsp3) is 0.214. The van der Waals surface area contributed by atoms with Crippen LogP contribution in [0.15, 0.2) is 89.5 Å². The second kappa shape index (κ2) is 11.4. The van der Waals surface area contributed by atoms with Gasteiger partial charge in [-0.25, -0.2) is 9.37 Å². The molecule has 0 aliphatic carbocycles. The zero-order chi connectivity index (χ0) is 26.4. The fourth-order valence-corrected chi connectivity index (χ4v) is 3.97. The monoisotopic (exact) mass is 511 g/mol. The van der Waals surface area contributed by atoms with Gasteiger partial charge >= 0.3 is 6.18 Å². The van der Waals surface area contributed by atoms with Crippen molar-refractivity contribution in [3.8, 4) is 0 Å². The Labute approximate surface area is 211 Å². The number of alkyl halides is 3. The summed E-state index contributed by atoms with van der Waals surface area (Å²) in [6, 6.07) is 20.2. The summed E-state index contributed by atoms with van der Waals surface area (Å²) in [6.07, 6.45) is -3.29. The summed E-state index contributed by atoms with van der Waals surface area (Å²) in [6.45, 7) is 2.02. The molecule has 1 atom stereocenters. The van der Waals surface area contributed by atoms with Crippen molar-refractivity contribution in [2.75, 3.05) is 0 Å². The SMILES string of the molecule is C[C@@H](NC(=O)c1coc(CN(Cc2ccc(F)cc2)Cc2ccccc2C(F)(F)F)n1)c1ccccc1. The molecular formula is C28H25F4N3O2. The van der Waals surface area contributed by atoms with Crippen LogP contribution < -0.4 is 5.32 Å². The molecule has 4 rings (SSSR count). The molecule has 0 aliphatic heterocycles. The van der Waals surface area contributed by atoms with E-state index in [0.717, 1.165) is 11.6 Å². The maximum absolute atomic E-state index is 13.6. The molecule has 1 amide bonds. The molecule has 5 nitrogen and oxygen atoms in total. The molecule has 0 spiro atoms. The van der Waals surface area contributed by atoms with E-state index >= 15 is 0 Å². The van der Waals surface area contributed by atoms with Crippen LogP contribution in [0.5, 0.6) is 0 Å². The summed E-state index contributed by atoms with van der Waals surface area (Å²) in [5, 5.41) is 2.85. The largest absolute Gasteiger partial charge is 0.447 e. The lowest BCUT2D eigenvalue weighted by atomic mass is 10.1. The zero-order valence-corrected chi connectivity index (χ0v) is 20.0. The second-order valence-corrected chi connectivity index (χ2v) is 8.66. The van der Waals surface area contributed by atoms with E-state index in [-0.39, 0.29) is 42.8 Å². The minimum absolute atomic E-state index is 0.0328. The molecule has 37 heavy (non-hydrogen) atoms. The van der Waals surface area contributed by atoms with Crippen LogP contribution >= 0.6 is 0 Å². The Balaban J connectivity index is 1.52. The van der Waals surface area contributed by atoms with Crippen LogP contribution in [0.1, 0.15) is 51.6 Å². The molecule has 3 aromatic carbocycles. The number of hydrogen-bond donors (Lipinski definition) is 1. The molecular weight excluding hydrogens is 486 g/mol. The van der Waals surface area contributed by atoms with Crippen LogP contribution in [0.2, 0.25) is 0 Å². The highest BCUT2D eigenvalue weighted by atomic mass is 19.4. The van der Waals surface area contributed by atoms with Gasteiger partial charge in [0.2, 0.25) is 5.89 Å². The molecule has 4 aromatic rings. The smallest absolute Gasteiger partial charge is 0.416 e. The van der Waals surface area contributed by atoms with Crippen LogP contribution in [-0.2, 0) is 25.8 Å². The average Bonchev–Trinajstić information content (AvgIpc) is 3.34. The maximum atomic E-state index is 13.6. The highest BCUT2D eigenvalue weighted by molar-refractivity contribution is 5.92. The molecule has 0 radical (unpaired) electrons. The van der Waals surface area contributed by atoms with Crippen LogP contribution in [0.25, 0.3) is 0 Å². The Hall–Kier alpha value is -3.98. The Morgan fingerprint density at radius 3 is 2.32 bits per heavy atom. The third-order valence-corrected chi connectivity index (χ3v) is 5.83. The summed E-state index contributed by atoms with van der Waals surface area (Å²) in [5.74, 6) is -0.672. The molecule has 1 N–H and O–H groups in total. The lowest BCUT2D eigenvalue weighted by Crippen LogP contribution is -2.27. The van der Waals surface area contributed by atoms with Gasteiger partial charge in [0.1, 0.15) is 12.1 Å². The predicted octanol–water partition coefficient (Wildman–Crippen LogP) is 6.53. The quantitative estimate of drug-likeness (QED) is 0.260. The Morgan fingerprint density at radius 2 is 1.62 bits per heavy atom. The first-order valence-electron chi connectivity index (χ1n) is 11.6. The summed E-state index contributed by atoms with van der Waals surface area (Å²) >= 11 is 0. The number of halogens is 4. The van der Waals surface area contributed by atoms with Crippen molar-refractivity contribution in [2.45, 2.75) is 38.8 Å². The average molecular weight is 512 g/mol. The topological polar surface area (TPSA) is 58.4 Å². The van der Waals surface area contributed by atoms with Crippen molar-refractivity contribution in [2.24, 2.45) is 0 Å². The van der Waals surface area contributed by atoms with E-state index in [9.17, 15) is 22.4 Å². The summed E-state index contributed by atoms with van der Waals surface area (Å²) < 4.78 is 59.6. The van der Waals surface area contributed by atoms with Gasteiger partial charge in [0.25, 0.3) is 5.91 Å². The Morgan fingerprint density at radius 1 is 0.946 bits per heavy atom. The van der Waals surface area contributed by atoms with Gasteiger partial charge in [-0.3, -0.25) is 9.69 Å². The highest BCUT2D eigenvalue weighted by Gasteiger charge is 2.33. The molecule has 0 saturated carbocycles. The first-order chi connectivity index (χ1) is 17.7. The van der Waals surface area contributed by atoms with E-state index in [2.05, 4.69) is 10.3 Å². The standard InChI is InChI=1S/C28H25F4N3O2/c1-19(21-7-3-2-4-8-21)33-27(36)25-18-37-26(34-25)17-35(15-20-11-13-23(29)14-12-20)16-22-9-5-6-10-24(22)28(30,31)32/h2-14,18-19H,15-17H2,1H3,(H,33,36)/t19-/m1/s1. The predicted molar refractivity (Wildman–Crippen MR) is 130 cm³/mol. The Kier molecular flexibility index (Phi) is 8.03. The minimum atomic E-state index is -4.51. The molecule has 0 saturated heterocycles. The van der Waals surface area contributed by atoms with E-state index < -0.39 is 23.5 Å². The van der Waals surface area contributed by atoms with Crippen molar-refractivity contribution in [1.29, 1.82) is 0 Å². The molecule has 0 aliphatic rings. The lowest BCUT2D eigenvalue weighted by Gasteiger charge is -2.23. The van der Waals surface area contributed by atoms with E-state index in [0.29, 0.717) is 5.56 Å². The summed E-state index contributed by atoms with van der Waals surface area (Å²) in [5.41, 5.74) is 1.04. The number of oxazole rings is 1. The number of carbonyl (C=O) groups is 1. The Bertz CT molecular complexity index is 1320. The summed E-state index contributed by atoms with van der Waals surface area (Å²) in [4.78, 5) is 18.6. The van der Waals surface area contributed by atoms with Crippen molar-refractivity contribution in [3.63, 3.8) is 0 Å². The molecule has 1 heterocycles. The van der Waals surface area contributed by atoms with Crippen molar-refractivity contribution in [1.82, 2.24) is 15.2 Å². The normalized spacial score (nSPS) is 12.5. The summed E-state index contributed by atoms with van der Waals surface area (Å²) in [7, 11) is 0. The van der Waals surface area contributed by atoms with Gasteiger partial charge in [-0.05, 0) is 41.8 Å². The van der Waals surface area contributed by atoms with Crippen molar-refractivity contribution >= 4 is 5.91 Å². The van der Waals surface area contributed by atoms with E-state index in [1.807, 2.05) is 37.3 Å². The first kappa shape index (κ1) is 26.1. The number of aromatic nitrogens is 1. The fourth-order valence-electron chi connectivity index (χ4n) is 3.97. The molecule has 1 aromatic heterocycles. The molecule has 192 valence electrons. The van der Waals surface area contributed by atoms with Gasteiger partial charge < -0.3 is 9.73 Å². The zero-order valence-electron chi connectivity index (χ0n) is 20.0. The molecule has 9 heteroatoms. The van der Waals surface area contributed by atoms with Gasteiger partial charge in [0.05, 0.1) is 18.2 Å². The number of hydrogen-bond acceptors (Lipinski definition) is 4. The second-order valence-electron chi connectivity index (χ2n) is 8.66. The number of nitrogens with zero attached hydrogens (tertiary/aromatic N) is 2. The highest BCUT2D eigenvalue weighted by Crippen LogP contribution is 2.32. The van der Waals surface area contributed by atoms with Crippen molar-refractivity contribution in [3.05, 3.63) is 125 Å². The maximum Gasteiger partial charge on any atom is 0.416 e. The number of rotatable bonds is 9. The third-order valence-electron chi connectivity index (χ3n) is 5.83. The first-order valence-corrected chi connectivity index (χ1v) is 11.6. The van der Waals surface area contributed by atoms with Crippen LogP contribution in [0.4, 0.5) is 17.6 Å².